The molecule has 1 aliphatic rings. The highest BCUT2D eigenvalue weighted by molar-refractivity contribution is 14.1. The quantitative estimate of drug-likeness (QED) is 0.109. The van der Waals surface area contributed by atoms with Crippen molar-refractivity contribution in [2.24, 2.45) is 5.10 Å². The summed E-state index contributed by atoms with van der Waals surface area (Å²) in [5.41, 5.74) is 4.21. The van der Waals surface area contributed by atoms with E-state index in [4.69, 9.17) is 24.1 Å². The second kappa shape index (κ2) is 14.9. The van der Waals surface area contributed by atoms with Crippen LogP contribution in [0, 0.1) is 7.14 Å². The summed E-state index contributed by atoms with van der Waals surface area (Å²) in [4.78, 5) is 47.8. The van der Waals surface area contributed by atoms with Gasteiger partial charge in [-0.05, 0) is 94.4 Å². The van der Waals surface area contributed by atoms with Gasteiger partial charge in [0.25, 0.3) is 5.91 Å². The van der Waals surface area contributed by atoms with E-state index >= 15 is 0 Å². The van der Waals surface area contributed by atoms with E-state index in [2.05, 4.69) is 21.2 Å². The maximum atomic E-state index is 12.6. The van der Waals surface area contributed by atoms with Crippen molar-refractivity contribution < 1.29 is 43.2 Å². The number of allylic oxidation sites excluding steroid dienone is 1. The SMILES string of the molecule is CCOC(=O)C1=C(C)NC(=O)N[C@@H]1c1ccc(OCC(=O)N/N=C\c2cc(I)c(OCC(=O)O)c(I)c2)c(OC)c1. The third kappa shape index (κ3) is 8.69. The zero-order valence-corrected chi connectivity index (χ0v) is 26.4. The van der Waals surface area contributed by atoms with Crippen molar-refractivity contribution in [3.05, 3.63) is 59.9 Å². The van der Waals surface area contributed by atoms with E-state index in [9.17, 15) is 19.2 Å². The minimum absolute atomic E-state index is 0.174. The number of nitrogens with one attached hydrogen (secondary N) is 3. The number of carboxylic acids is 1. The highest BCUT2D eigenvalue weighted by Crippen LogP contribution is 2.34. The molecule has 3 amide bonds. The number of esters is 1. The van der Waals surface area contributed by atoms with Crippen LogP contribution in [0.25, 0.3) is 0 Å². The topological polar surface area (TPSA) is 174 Å². The standard InChI is InChI=1S/C26H26I2N4O9/c1-4-39-25(36)22-13(2)30-26(37)31-23(22)15-5-6-18(19(9-15)38-3)40-11-20(33)32-29-10-14-7-16(27)24(17(28)8-14)41-12-21(34)35/h5-10,23H,4,11-12H2,1-3H3,(H,32,33)(H,34,35)(H2,30,31,37)/b29-10-/t23-/m1/s1. The molecule has 1 heterocycles. The molecular formula is C26H26I2N4O9. The van der Waals surface area contributed by atoms with E-state index in [1.807, 2.05) is 45.2 Å². The number of hydrogen-bond donors (Lipinski definition) is 4. The Hall–Kier alpha value is -3.61. The van der Waals surface area contributed by atoms with Crippen molar-refractivity contribution in [2.45, 2.75) is 19.9 Å². The number of nitrogens with zero attached hydrogens (tertiary/aromatic N) is 1. The molecule has 0 saturated carbocycles. The first kappa shape index (κ1) is 31.9. The minimum Gasteiger partial charge on any atom is -0.493 e. The van der Waals surface area contributed by atoms with E-state index in [1.54, 1.807) is 44.2 Å². The van der Waals surface area contributed by atoms with E-state index in [0.29, 0.717) is 29.7 Å². The Bertz CT molecular complexity index is 1390. The fourth-order valence-corrected chi connectivity index (χ4v) is 5.81. The first-order valence-corrected chi connectivity index (χ1v) is 14.1. The Morgan fingerprint density at radius 3 is 2.44 bits per heavy atom. The van der Waals surface area contributed by atoms with Crippen LogP contribution in [-0.4, -0.2) is 62.1 Å². The molecule has 218 valence electrons. The van der Waals surface area contributed by atoms with Crippen molar-refractivity contribution >= 4 is 75.3 Å². The second-order valence-corrected chi connectivity index (χ2v) is 10.6. The Balaban J connectivity index is 1.65. The average Bonchev–Trinajstić information content (AvgIpc) is 2.90. The van der Waals surface area contributed by atoms with Crippen molar-refractivity contribution in [2.75, 3.05) is 26.9 Å². The van der Waals surface area contributed by atoms with Crippen molar-refractivity contribution in [3.8, 4) is 17.2 Å². The first-order chi connectivity index (χ1) is 19.5. The lowest BCUT2D eigenvalue weighted by Gasteiger charge is -2.28. The molecule has 0 spiro atoms. The summed E-state index contributed by atoms with van der Waals surface area (Å²) in [6, 6.07) is 7.01. The maximum Gasteiger partial charge on any atom is 0.341 e. The summed E-state index contributed by atoms with van der Waals surface area (Å²) >= 11 is 4.05. The molecule has 2 aromatic rings. The van der Waals surface area contributed by atoms with Gasteiger partial charge in [0.2, 0.25) is 0 Å². The molecular weight excluding hydrogens is 766 g/mol. The smallest absolute Gasteiger partial charge is 0.341 e. The minimum atomic E-state index is -1.08. The Morgan fingerprint density at radius 2 is 1.80 bits per heavy atom. The number of rotatable bonds is 12. The molecule has 0 aliphatic carbocycles. The lowest BCUT2D eigenvalue weighted by atomic mass is 9.95. The molecule has 3 rings (SSSR count). The van der Waals surface area contributed by atoms with E-state index in [-0.39, 0.29) is 30.3 Å². The molecule has 1 aliphatic heterocycles. The van der Waals surface area contributed by atoms with Crippen LogP contribution >= 0.6 is 45.2 Å². The predicted octanol–water partition coefficient (Wildman–Crippen LogP) is 3.09. The van der Waals surface area contributed by atoms with Gasteiger partial charge < -0.3 is 34.7 Å². The van der Waals surface area contributed by atoms with Crippen LogP contribution in [0.3, 0.4) is 0 Å². The molecule has 1 atom stereocenters. The van der Waals surface area contributed by atoms with Crippen LogP contribution in [0.5, 0.6) is 17.2 Å². The molecule has 0 saturated heterocycles. The fourth-order valence-electron chi connectivity index (χ4n) is 3.69. The number of carbonyl (C=O) groups is 4. The number of benzene rings is 2. The number of methoxy groups -OCH3 is 1. The molecule has 0 aromatic heterocycles. The van der Waals surface area contributed by atoms with Gasteiger partial charge in [0.05, 0.1) is 38.7 Å². The highest BCUT2D eigenvalue weighted by atomic mass is 127. The van der Waals surface area contributed by atoms with Gasteiger partial charge in [-0.1, -0.05) is 6.07 Å². The molecule has 0 radical (unpaired) electrons. The van der Waals surface area contributed by atoms with Crippen LogP contribution in [0.15, 0.2) is 46.7 Å². The third-order valence-corrected chi connectivity index (χ3v) is 7.01. The van der Waals surface area contributed by atoms with Crippen molar-refractivity contribution in [3.63, 3.8) is 0 Å². The number of ether oxygens (including phenoxy) is 4. The number of aliphatic carboxylic acids is 1. The van der Waals surface area contributed by atoms with Crippen LogP contribution in [0.2, 0.25) is 0 Å². The van der Waals surface area contributed by atoms with Crippen molar-refractivity contribution in [1.29, 1.82) is 0 Å². The van der Waals surface area contributed by atoms with Gasteiger partial charge in [-0.15, -0.1) is 0 Å². The van der Waals surface area contributed by atoms with Crippen molar-refractivity contribution in [1.82, 2.24) is 16.1 Å². The number of hydrogen-bond acceptors (Lipinski definition) is 9. The Morgan fingerprint density at radius 1 is 1.10 bits per heavy atom. The lowest BCUT2D eigenvalue weighted by Crippen LogP contribution is -2.45. The number of halogens is 2. The Labute approximate surface area is 262 Å². The van der Waals surface area contributed by atoms with E-state index in [1.165, 1.54) is 13.3 Å². The van der Waals surface area contributed by atoms with Gasteiger partial charge in [0, 0.05) is 5.70 Å². The zero-order chi connectivity index (χ0) is 30.1. The normalized spacial score (nSPS) is 14.7. The molecule has 41 heavy (non-hydrogen) atoms. The average molecular weight is 792 g/mol. The van der Waals surface area contributed by atoms with Crippen LogP contribution < -0.4 is 30.3 Å². The lowest BCUT2D eigenvalue weighted by molar-refractivity contribution is -0.140. The zero-order valence-electron chi connectivity index (χ0n) is 22.1. The molecule has 0 bridgehead atoms. The monoisotopic (exact) mass is 792 g/mol. The third-order valence-electron chi connectivity index (χ3n) is 5.41. The number of carbonyl (C=O) groups excluding carboxylic acids is 3. The highest BCUT2D eigenvalue weighted by Gasteiger charge is 2.32. The summed E-state index contributed by atoms with van der Waals surface area (Å²) in [6.07, 6.45) is 1.43. The van der Waals surface area contributed by atoms with Gasteiger partial charge in [0.15, 0.2) is 24.7 Å². The van der Waals surface area contributed by atoms with Crippen LogP contribution in [-0.2, 0) is 19.1 Å². The molecule has 2 aromatic carbocycles. The number of urea groups is 1. The fraction of sp³-hybridized carbons (Fsp3) is 0.269. The summed E-state index contributed by atoms with van der Waals surface area (Å²) in [5, 5.41) is 18.0. The number of carboxylic acid groups (broad SMARTS) is 1. The van der Waals surface area contributed by atoms with Gasteiger partial charge in [-0.2, -0.15) is 5.10 Å². The molecule has 0 unspecified atom stereocenters. The molecule has 0 fully saturated rings. The Kier molecular flexibility index (Phi) is 11.6. The second-order valence-electron chi connectivity index (χ2n) is 8.28. The summed E-state index contributed by atoms with van der Waals surface area (Å²) in [7, 11) is 1.42. The van der Waals surface area contributed by atoms with Gasteiger partial charge >= 0.3 is 18.0 Å². The maximum absolute atomic E-state index is 12.6. The largest absolute Gasteiger partial charge is 0.493 e. The first-order valence-electron chi connectivity index (χ1n) is 12.0. The number of amides is 3. The molecule has 13 nitrogen and oxygen atoms in total. The molecule has 4 N–H and O–H groups in total. The van der Waals surface area contributed by atoms with Gasteiger partial charge in [-0.3, -0.25) is 4.79 Å². The molecule has 15 heteroatoms. The van der Waals surface area contributed by atoms with Gasteiger partial charge in [-0.25, -0.2) is 19.8 Å². The number of hydrazone groups is 1. The van der Waals surface area contributed by atoms with Gasteiger partial charge in [0.1, 0.15) is 5.75 Å². The van der Waals surface area contributed by atoms with Crippen LogP contribution in [0.1, 0.15) is 31.0 Å². The summed E-state index contributed by atoms with van der Waals surface area (Å²) in [5.74, 6) is -1.19. The summed E-state index contributed by atoms with van der Waals surface area (Å²) in [6.45, 7) is 2.65. The van der Waals surface area contributed by atoms with Crippen LogP contribution in [0.4, 0.5) is 4.79 Å². The van der Waals surface area contributed by atoms with E-state index in [0.717, 1.165) is 0 Å². The predicted molar refractivity (Wildman–Crippen MR) is 163 cm³/mol. The summed E-state index contributed by atoms with van der Waals surface area (Å²) < 4.78 is 22.8. The van der Waals surface area contributed by atoms with E-state index < -0.39 is 36.5 Å².